The summed E-state index contributed by atoms with van der Waals surface area (Å²) in [6.45, 7) is 5.06. The van der Waals surface area contributed by atoms with Gasteiger partial charge in [-0.1, -0.05) is 80.2 Å². The maximum atomic E-state index is 12.6. The number of carbonyl (C=O) groups is 1. The summed E-state index contributed by atoms with van der Waals surface area (Å²) in [4.78, 5) is 12.6. The van der Waals surface area contributed by atoms with Crippen LogP contribution in [0.1, 0.15) is 65.8 Å². The normalized spacial score (nSPS) is 13.8. The molecule has 5 heteroatoms. The van der Waals surface area contributed by atoms with Gasteiger partial charge in [0.25, 0.3) is 0 Å². The molecule has 0 aliphatic heterocycles. The highest BCUT2D eigenvalue weighted by Crippen LogP contribution is 2.40. The fraction of sp³-hybridized carbons (Fsp3) is 0.348. The van der Waals surface area contributed by atoms with Crippen molar-refractivity contribution in [3.8, 4) is 0 Å². The van der Waals surface area contributed by atoms with Crippen molar-refractivity contribution in [3.63, 3.8) is 0 Å². The van der Waals surface area contributed by atoms with Crippen molar-refractivity contribution in [2.75, 3.05) is 5.75 Å². The first kappa shape index (κ1) is 18.9. The van der Waals surface area contributed by atoms with E-state index in [9.17, 15) is 4.79 Å². The second-order valence-corrected chi connectivity index (χ2v) is 8.62. The highest BCUT2D eigenvalue weighted by atomic mass is 32.2. The summed E-state index contributed by atoms with van der Waals surface area (Å²) in [5, 5.41) is 9.67. The van der Waals surface area contributed by atoms with Crippen LogP contribution in [0.15, 0.2) is 59.8 Å². The van der Waals surface area contributed by atoms with Crippen molar-refractivity contribution >= 4 is 17.5 Å². The van der Waals surface area contributed by atoms with Gasteiger partial charge in [0.2, 0.25) is 0 Å². The van der Waals surface area contributed by atoms with Crippen molar-refractivity contribution in [3.05, 3.63) is 77.1 Å². The molecule has 0 saturated heterocycles. The smallest absolute Gasteiger partial charge is 0.191 e. The number of hydrogen-bond donors (Lipinski definition) is 0. The van der Waals surface area contributed by atoms with E-state index >= 15 is 0 Å². The third-order valence-corrected chi connectivity index (χ3v) is 6.07. The zero-order valence-corrected chi connectivity index (χ0v) is 17.2. The highest BCUT2D eigenvalue weighted by molar-refractivity contribution is 7.99. The Kier molecular flexibility index (Phi) is 5.62. The molecule has 3 aromatic rings. The number of thioether (sulfide) groups is 1. The van der Waals surface area contributed by atoms with E-state index < -0.39 is 0 Å². The van der Waals surface area contributed by atoms with Crippen LogP contribution in [0.5, 0.6) is 0 Å². The quantitative estimate of drug-likeness (QED) is 0.386. The molecule has 1 fully saturated rings. The standard InChI is InChI=1S/C23H25N3OS/c1-16(2)18-8-10-19(11-9-18)21(27)15-28-23-25-24-22(20-12-13-20)26(23)14-17-6-4-3-5-7-17/h3-11,16,20H,12-15H2,1-2H3. The minimum atomic E-state index is 0.127. The second-order valence-electron chi connectivity index (χ2n) is 7.68. The SMILES string of the molecule is CC(C)c1ccc(C(=O)CSc2nnc(C3CC3)n2Cc2ccccc2)cc1. The number of aromatic nitrogens is 3. The molecule has 1 saturated carbocycles. The van der Waals surface area contributed by atoms with E-state index in [0.29, 0.717) is 17.6 Å². The van der Waals surface area contributed by atoms with E-state index in [-0.39, 0.29) is 5.78 Å². The largest absolute Gasteiger partial charge is 0.301 e. The summed E-state index contributed by atoms with van der Waals surface area (Å²) in [6.07, 6.45) is 2.36. The summed E-state index contributed by atoms with van der Waals surface area (Å²) >= 11 is 1.49. The Balaban J connectivity index is 1.47. The molecular formula is C23H25N3OS. The third-order valence-electron chi connectivity index (χ3n) is 5.10. The molecule has 1 aromatic heterocycles. The molecule has 28 heavy (non-hydrogen) atoms. The van der Waals surface area contributed by atoms with Gasteiger partial charge in [0.05, 0.1) is 12.3 Å². The molecule has 4 nitrogen and oxygen atoms in total. The Morgan fingerprint density at radius 2 is 1.79 bits per heavy atom. The van der Waals surface area contributed by atoms with Crippen LogP contribution in [0.3, 0.4) is 0 Å². The van der Waals surface area contributed by atoms with Gasteiger partial charge in [0.15, 0.2) is 10.9 Å². The molecule has 2 aromatic carbocycles. The predicted octanol–water partition coefficient (Wildman–Crippen LogP) is 5.30. The van der Waals surface area contributed by atoms with E-state index in [1.165, 1.54) is 35.7 Å². The van der Waals surface area contributed by atoms with E-state index in [1.807, 2.05) is 42.5 Å². The van der Waals surface area contributed by atoms with Gasteiger partial charge in [0, 0.05) is 11.5 Å². The molecule has 0 N–H and O–H groups in total. The molecule has 1 heterocycles. The topological polar surface area (TPSA) is 47.8 Å². The number of carbonyl (C=O) groups excluding carboxylic acids is 1. The van der Waals surface area contributed by atoms with E-state index in [2.05, 4.69) is 40.7 Å². The van der Waals surface area contributed by atoms with Gasteiger partial charge in [-0.05, 0) is 29.9 Å². The van der Waals surface area contributed by atoms with Crippen LogP contribution < -0.4 is 0 Å². The van der Waals surface area contributed by atoms with Gasteiger partial charge in [-0.3, -0.25) is 4.79 Å². The number of Topliss-reactive ketones (excluding diaryl/α,β-unsaturated/α-hetero) is 1. The lowest BCUT2D eigenvalue weighted by Crippen LogP contribution is -2.08. The average molecular weight is 392 g/mol. The molecule has 0 unspecified atom stereocenters. The first-order chi connectivity index (χ1) is 13.6. The van der Waals surface area contributed by atoms with Crippen LogP contribution in [0.2, 0.25) is 0 Å². The molecule has 0 atom stereocenters. The molecule has 1 aliphatic rings. The van der Waals surface area contributed by atoms with Gasteiger partial charge < -0.3 is 4.57 Å². The van der Waals surface area contributed by atoms with Crippen LogP contribution in [-0.2, 0) is 6.54 Å². The van der Waals surface area contributed by atoms with Gasteiger partial charge >= 0.3 is 0 Å². The van der Waals surface area contributed by atoms with Gasteiger partial charge in [-0.15, -0.1) is 10.2 Å². The summed E-state index contributed by atoms with van der Waals surface area (Å²) in [7, 11) is 0. The minimum absolute atomic E-state index is 0.127. The van der Waals surface area contributed by atoms with E-state index in [4.69, 9.17) is 0 Å². The molecule has 0 bridgehead atoms. The maximum absolute atomic E-state index is 12.6. The Bertz CT molecular complexity index is 944. The summed E-state index contributed by atoms with van der Waals surface area (Å²) in [5.74, 6) is 2.54. The number of nitrogens with zero attached hydrogens (tertiary/aromatic N) is 3. The molecule has 1 aliphatic carbocycles. The lowest BCUT2D eigenvalue weighted by molar-refractivity contribution is 0.102. The van der Waals surface area contributed by atoms with Crippen LogP contribution in [0, 0.1) is 0 Å². The van der Waals surface area contributed by atoms with Crippen molar-refractivity contribution in [2.24, 2.45) is 0 Å². The van der Waals surface area contributed by atoms with Crippen molar-refractivity contribution < 1.29 is 4.79 Å². The monoisotopic (exact) mass is 391 g/mol. The first-order valence-corrected chi connectivity index (χ1v) is 10.8. The molecule has 0 radical (unpaired) electrons. The second kappa shape index (κ2) is 8.31. The Hall–Kier alpha value is -2.40. The number of hydrogen-bond acceptors (Lipinski definition) is 4. The first-order valence-electron chi connectivity index (χ1n) is 9.85. The number of rotatable bonds is 8. The van der Waals surface area contributed by atoms with Gasteiger partial charge in [-0.25, -0.2) is 0 Å². The Morgan fingerprint density at radius 3 is 2.43 bits per heavy atom. The number of benzene rings is 2. The van der Waals surface area contributed by atoms with Gasteiger partial charge in [-0.2, -0.15) is 0 Å². The maximum Gasteiger partial charge on any atom is 0.191 e. The highest BCUT2D eigenvalue weighted by Gasteiger charge is 2.30. The fourth-order valence-corrected chi connectivity index (χ4v) is 4.07. The van der Waals surface area contributed by atoms with Gasteiger partial charge in [0.1, 0.15) is 5.82 Å². The lowest BCUT2D eigenvalue weighted by Gasteiger charge is -2.10. The fourth-order valence-electron chi connectivity index (χ4n) is 3.23. The van der Waals surface area contributed by atoms with E-state index in [0.717, 1.165) is 23.1 Å². The average Bonchev–Trinajstić information content (AvgIpc) is 3.49. The molecule has 0 spiro atoms. The third kappa shape index (κ3) is 4.36. The van der Waals surface area contributed by atoms with E-state index in [1.54, 1.807) is 0 Å². The summed E-state index contributed by atoms with van der Waals surface area (Å²) in [6, 6.07) is 18.3. The zero-order chi connectivity index (χ0) is 19.5. The van der Waals surface area contributed by atoms with Crippen LogP contribution >= 0.6 is 11.8 Å². The summed E-state index contributed by atoms with van der Waals surface area (Å²) in [5.41, 5.74) is 3.23. The van der Waals surface area contributed by atoms with Crippen molar-refractivity contribution in [1.82, 2.24) is 14.8 Å². The number of ketones is 1. The van der Waals surface area contributed by atoms with Crippen LogP contribution in [0.25, 0.3) is 0 Å². The minimum Gasteiger partial charge on any atom is -0.301 e. The molecule has 144 valence electrons. The van der Waals surface area contributed by atoms with Crippen LogP contribution in [0.4, 0.5) is 0 Å². The zero-order valence-electron chi connectivity index (χ0n) is 16.3. The lowest BCUT2D eigenvalue weighted by atomic mass is 10.0. The van der Waals surface area contributed by atoms with Crippen LogP contribution in [-0.4, -0.2) is 26.3 Å². The molecule has 4 rings (SSSR count). The summed E-state index contributed by atoms with van der Waals surface area (Å²) < 4.78 is 2.19. The Labute approximate surface area is 170 Å². The molecular weight excluding hydrogens is 366 g/mol. The van der Waals surface area contributed by atoms with Crippen molar-refractivity contribution in [1.29, 1.82) is 0 Å². The predicted molar refractivity (Wildman–Crippen MR) is 113 cm³/mol. The molecule has 0 amide bonds. The van der Waals surface area contributed by atoms with Crippen molar-refractivity contribution in [2.45, 2.75) is 50.2 Å². The Morgan fingerprint density at radius 1 is 1.07 bits per heavy atom.